The standard InChI is InChI=1S/C17H18N4/c1-11-9-14(10-19-17(11)18)16-12(2)20-21(13(16)3)15-7-5-4-6-8-15/h4-10H,1-3H3,(H2,18,19). The molecule has 0 aliphatic carbocycles. The van der Waals surface area contributed by atoms with Crippen LogP contribution in [0, 0.1) is 20.8 Å². The fourth-order valence-electron chi connectivity index (χ4n) is 2.60. The lowest BCUT2D eigenvalue weighted by molar-refractivity contribution is 0.834. The number of nitrogens with two attached hydrogens (primary N) is 1. The second-order valence-corrected chi connectivity index (χ2v) is 5.22. The third-order valence-corrected chi connectivity index (χ3v) is 3.70. The van der Waals surface area contributed by atoms with Crippen LogP contribution in [-0.2, 0) is 0 Å². The number of pyridine rings is 1. The van der Waals surface area contributed by atoms with Crippen molar-refractivity contribution in [2.45, 2.75) is 20.8 Å². The Kier molecular flexibility index (Phi) is 3.22. The van der Waals surface area contributed by atoms with Gasteiger partial charge in [-0.1, -0.05) is 18.2 Å². The van der Waals surface area contributed by atoms with Gasteiger partial charge in [0, 0.05) is 23.0 Å². The van der Waals surface area contributed by atoms with Gasteiger partial charge in [0.05, 0.1) is 11.4 Å². The van der Waals surface area contributed by atoms with Crippen LogP contribution in [0.25, 0.3) is 16.8 Å². The van der Waals surface area contributed by atoms with Crippen LogP contribution in [-0.4, -0.2) is 14.8 Å². The number of hydrogen-bond acceptors (Lipinski definition) is 3. The van der Waals surface area contributed by atoms with Gasteiger partial charge in [0.1, 0.15) is 5.82 Å². The van der Waals surface area contributed by atoms with E-state index in [0.29, 0.717) is 5.82 Å². The summed E-state index contributed by atoms with van der Waals surface area (Å²) < 4.78 is 1.97. The topological polar surface area (TPSA) is 56.7 Å². The van der Waals surface area contributed by atoms with E-state index in [0.717, 1.165) is 33.8 Å². The highest BCUT2D eigenvalue weighted by Crippen LogP contribution is 2.29. The Morgan fingerprint density at radius 1 is 1.05 bits per heavy atom. The third kappa shape index (κ3) is 2.29. The first-order valence-corrected chi connectivity index (χ1v) is 6.92. The van der Waals surface area contributed by atoms with Crippen LogP contribution in [0.1, 0.15) is 17.0 Å². The van der Waals surface area contributed by atoms with E-state index in [2.05, 4.69) is 35.2 Å². The molecule has 4 nitrogen and oxygen atoms in total. The number of nitrogen functional groups attached to an aromatic ring is 1. The Balaban J connectivity index is 2.16. The number of anilines is 1. The van der Waals surface area contributed by atoms with E-state index in [1.54, 1.807) is 0 Å². The number of benzene rings is 1. The van der Waals surface area contributed by atoms with Gasteiger partial charge in [-0.25, -0.2) is 9.67 Å². The van der Waals surface area contributed by atoms with Crippen molar-refractivity contribution < 1.29 is 0 Å². The van der Waals surface area contributed by atoms with Crippen molar-refractivity contribution in [3.8, 4) is 16.8 Å². The monoisotopic (exact) mass is 278 g/mol. The molecule has 2 heterocycles. The van der Waals surface area contributed by atoms with Gasteiger partial charge in [0.25, 0.3) is 0 Å². The number of para-hydroxylation sites is 1. The lowest BCUT2D eigenvalue weighted by Crippen LogP contribution is -1.98. The molecule has 3 aromatic rings. The molecule has 0 aliphatic heterocycles. The first kappa shape index (κ1) is 13.4. The lowest BCUT2D eigenvalue weighted by Gasteiger charge is -2.07. The van der Waals surface area contributed by atoms with Crippen molar-refractivity contribution in [2.75, 3.05) is 5.73 Å². The van der Waals surface area contributed by atoms with Crippen LogP contribution in [0.15, 0.2) is 42.6 Å². The van der Waals surface area contributed by atoms with Crippen molar-refractivity contribution in [2.24, 2.45) is 0 Å². The van der Waals surface area contributed by atoms with E-state index in [-0.39, 0.29) is 0 Å². The highest BCUT2D eigenvalue weighted by Gasteiger charge is 2.15. The smallest absolute Gasteiger partial charge is 0.126 e. The Morgan fingerprint density at radius 3 is 2.43 bits per heavy atom. The Morgan fingerprint density at radius 2 is 1.76 bits per heavy atom. The first-order chi connectivity index (χ1) is 10.1. The molecule has 0 unspecified atom stereocenters. The number of hydrogen-bond donors (Lipinski definition) is 1. The summed E-state index contributed by atoms with van der Waals surface area (Å²) in [5.41, 5.74) is 12.1. The fraction of sp³-hybridized carbons (Fsp3) is 0.176. The molecule has 1 aromatic carbocycles. The van der Waals surface area contributed by atoms with Crippen LogP contribution in [0.3, 0.4) is 0 Å². The molecule has 4 heteroatoms. The van der Waals surface area contributed by atoms with E-state index in [9.17, 15) is 0 Å². The van der Waals surface area contributed by atoms with Crippen LogP contribution < -0.4 is 5.73 Å². The first-order valence-electron chi connectivity index (χ1n) is 6.92. The molecule has 0 amide bonds. The van der Waals surface area contributed by atoms with Gasteiger partial charge in [-0.3, -0.25) is 0 Å². The second kappa shape index (κ2) is 5.05. The van der Waals surface area contributed by atoms with Gasteiger partial charge < -0.3 is 5.73 Å². The maximum absolute atomic E-state index is 5.81. The second-order valence-electron chi connectivity index (χ2n) is 5.22. The molecule has 106 valence electrons. The average molecular weight is 278 g/mol. The van der Waals surface area contributed by atoms with Crippen LogP contribution >= 0.6 is 0 Å². The van der Waals surface area contributed by atoms with Crippen molar-refractivity contribution in [3.63, 3.8) is 0 Å². The number of rotatable bonds is 2. The summed E-state index contributed by atoms with van der Waals surface area (Å²) >= 11 is 0. The molecule has 0 aliphatic rings. The summed E-state index contributed by atoms with van der Waals surface area (Å²) in [5, 5.41) is 4.67. The largest absolute Gasteiger partial charge is 0.383 e. The highest BCUT2D eigenvalue weighted by molar-refractivity contribution is 5.70. The summed E-state index contributed by atoms with van der Waals surface area (Å²) in [6.45, 7) is 6.07. The molecule has 2 aromatic heterocycles. The predicted molar refractivity (Wildman–Crippen MR) is 85.4 cm³/mol. The fourth-order valence-corrected chi connectivity index (χ4v) is 2.60. The Labute approximate surface area is 124 Å². The maximum Gasteiger partial charge on any atom is 0.126 e. The molecule has 0 fully saturated rings. The minimum absolute atomic E-state index is 0.574. The van der Waals surface area contributed by atoms with Crippen molar-refractivity contribution in [1.29, 1.82) is 0 Å². The average Bonchev–Trinajstić information content (AvgIpc) is 2.78. The van der Waals surface area contributed by atoms with Gasteiger partial charge >= 0.3 is 0 Å². The normalized spacial score (nSPS) is 10.8. The molecule has 0 spiro atoms. The Hall–Kier alpha value is -2.62. The number of aromatic nitrogens is 3. The summed E-state index contributed by atoms with van der Waals surface area (Å²) in [6, 6.07) is 12.2. The van der Waals surface area contributed by atoms with E-state index >= 15 is 0 Å². The van der Waals surface area contributed by atoms with E-state index < -0.39 is 0 Å². The third-order valence-electron chi connectivity index (χ3n) is 3.70. The molecule has 0 saturated carbocycles. The molecule has 3 rings (SSSR count). The van der Waals surface area contributed by atoms with Gasteiger partial charge in [0.2, 0.25) is 0 Å². The zero-order valence-corrected chi connectivity index (χ0v) is 12.5. The van der Waals surface area contributed by atoms with Gasteiger partial charge in [-0.05, 0) is 44.5 Å². The van der Waals surface area contributed by atoms with E-state index in [1.165, 1.54) is 0 Å². The summed E-state index contributed by atoms with van der Waals surface area (Å²) in [4.78, 5) is 4.26. The molecule has 0 bridgehead atoms. The number of aryl methyl sites for hydroxylation is 2. The van der Waals surface area contributed by atoms with Gasteiger partial charge in [-0.15, -0.1) is 0 Å². The minimum atomic E-state index is 0.574. The molecule has 21 heavy (non-hydrogen) atoms. The highest BCUT2D eigenvalue weighted by atomic mass is 15.3. The molecule has 0 atom stereocenters. The molecule has 0 radical (unpaired) electrons. The lowest BCUT2D eigenvalue weighted by atomic mass is 10.0. The van der Waals surface area contributed by atoms with Crippen LogP contribution in [0.2, 0.25) is 0 Å². The molecular weight excluding hydrogens is 260 g/mol. The Bertz CT molecular complexity index is 788. The van der Waals surface area contributed by atoms with Crippen molar-refractivity contribution in [3.05, 3.63) is 59.5 Å². The summed E-state index contributed by atoms with van der Waals surface area (Å²) in [5.74, 6) is 0.574. The summed E-state index contributed by atoms with van der Waals surface area (Å²) in [6.07, 6.45) is 1.81. The summed E-state index contributed by atoms with van der Waals surface area (Å²) in [7, 11) is 0. The predicted octanol–water partition coefficient (Wildman–Crippen LogP) is 3.44. The van der Waals surface area contributed by atoms with Gasteiger partial charge in [0.15, 0.2) is 0 Å². The molecule has 2 N–H and O–H groups in total. The maximum atomic E-state index is 5.81. The molecule has 0 saturated heterocycles. The SMILES string of the molecule is Cc1cc(-c2c(C)nn(-c3ccccc3)c2C)cnc1N. The van der Waals surface area contributed by atoms with Crippen LogP contribution in [0.5, 0.6) is 0 Å². The van der Waals surface area contributed by atoms with E-state index in [1.807, 2.05) is 42.9 Å². The van der Waals surface area contributed by atoms with Crippen molar-refractivity contribution in [1.82, 2.24) is 14.8 Å². The van der Waals surface area contributed by atoms with Crippen molar-refractivity contribution >= 4 is 5.82 Å². The van der Waals surface area contributed by atoms with Crippen LogP contribution in [0.4, 0.5) is 5.82 Å². The minimum Gasteiger partial charge on any atom is -0.383 e. The molecular formula is C17H18N4. The quantitative estimate of drug-likeness (QED) is 0.781. The zero-order valence-electron chi connectivity index (χ0n) is 12.5. The zero-order chi connectivity index (χ0) is 15.0. The van der Waals surface area contributed by atoms with Gasteiger partial charge in [-0.2, -0.15) is 5.10 Å². The van der Waals surface area contributed by atoms with E-state index in [4.69, 9.17) is 5.73 Å². The number of nitrogens with zero attached hydrogens (tertiary/aromatic N) is 3.